The van der Waals surface area contributed by atoms with E-state index in [9.17, 15) is 31.5 Å². The number of aliphatic hydroxyl groups excluding tert-OH is 1. The maximum atomic E-state index is 13.0. The number of carbonyl (C=O) groups excluding carboxylic acids is 1. The second kappa shape index (κ2) is 15.5. The Bertz CT molecular complexity index is 1070. The van der Waals surface area contributed by atoms with Crippen molar-refractivity contribution >= 4 is 21.9 Å². The molecule has 1 saturated heterocycles. The molecule has 0 aliphatic carbocycles. The van der Waals surface area contributed by atoms with E-state index in [0.29, 0.717) is 36.5 Å². The summed E-state index contributed by atoms with van der Waals surface area (Å²) in [7, 11) is 3.22. The molecule has 11 nitrogen and oxygen atoms in total. The minimum Gasteiger partial charge on any atom is -0.497 e. The van der Waals surface area contributed by atoms with E-state index >= 15 is 0 Å². The monoisotopic (exact) mass is 599 g/mol. The topological polar surface area (TPSA) is 137 Å². The molecule has 2 rings (SSSR count). The molecular weight excluding hydrogens is 559 g/mol. The summed E-state index contributed by atoms with van der Waals surface area (Å²) in [5.74, 6) is -2.05. The standard InChI is InChI=1S/C23H39N3O6S.C2HF3O2/c1-17-13-20(31-6)14-18(2)23(17)33(29,30)25(5)11-12-32-16-22(28)26-9-7-19(8-10-26)21(27)15-24(3)4;3-2(4,5)1(6)7/h13-14,19,21,27H,7-12,15-16H2,1-6H3;(H,6,7). The highest BCUT2D eigenvalue weighted by molar-refractivity contribution is 7.89. The van der Waals surface area contributed by atoms with Crippen LogP contribution in [0, 0.1) is 19.8 Å². The van der Waals surface area contributed by atoms with E-state index in [1.54, 1.807) is 38.0 Å². The Balaban J connectivity index is 0.00000101. The molecule has 1 atom stereocenters. The van der Waals surface area contributed by atoms with Gasteiger partial charge in [-0.25, -0.2) is 13.2 Å². The van der Waals surface area contributed by atoms with Gasteiger partial charge in [-0.2, -0.15) is 17.5 Å². The van der Waals surface area contributed by atoms with E-state index in [2.05, 4.69) is 0 Å². The first kappa shape index (κ1) is 35.6. The van der Waals surface area contributed by atoms with Crippen molar-refractivity contribution in [2.45, 2.75) is 43.9 Å². The summed E-state index contributed by atoms with van der Waals surface area (Å²) in [6, 6.07) is 3.40. The quantitative estimate of drug-likeness (QED) is 0.365. The Hall–Kier alpha value is -2.46. The molecule has 1 aromatic rings. The molecule has 1 fully saturated rings. The number of alkyl halides is 3. The fourth-order valence-electron chi connectivity index (χ4n) is 4.21. The number of carbonyl (C=O) groups is 2. The lowest BCUT2D eigenvalue weighted by atomic mass is 9.91. The SMILES string of the molecule is COc1cc(C)c(S(=O)(=O)N(C)CCOCC(=O)N2CCC(C(O)CN(C)C)CC2)c(C)c1.O=C(O)C(F)(F)F. The molecule has 2 N–H and O–H groups in total. The van der Waals surface area contributed by atoms with Gasteiger partial charge in [0.25, 0.3) is 0 Å². The highest BCUT2D eigenvalue weighted by Gasteiger charge is 2.38. The van der Waals surface area contributed by atoms with Crippen molar-refractivity contribution in [3.8, 4) is 5.75 Å². The number of methoxy groups -OCH3 is 1. The van der Waals surface area contributed by atoms with Gasteiger partial charge in [0.1, 0.15) is 12.4 Å². The van der Waals surface area contributed by atoms with Crippen LogP contribution in [0.4, 0.5) is 13.2 Å². The number of hydrogen-bond acceptors (Lipinski definition) is 8. The predicted molar refractivity (Wildman–Crippen MR) is 141 cm³/mol. The molecular formula is C25H40F3N3O8S. The number of carboxylic acids is 1. The number of benzene rings is 1. The van der Waals surface area contributed by atoms with Gasteiger partial charge < -0.3 is 29.5 Å². The zero-order chi connectivity index (χ0) is 30.8. The van der Waals surface area contributed by atoms with Crippen molar-refractivity contribution in [3.05, 3.63) is 23.3 Å². The number of aliphatic hydroxyl groups is 1. The summed E-state index contributed by atoms with van der Waals surface area (Å²) in [6.45, 7) is 5.48. The lowest BCUT2D eigenvalue weighted by molar-refractivity contribution is -0.192. The van der Waals surface area contributed by atoms with Crippen LogP contribution >= 0.6 is 0 Å². The van der Waals surface area contributed by atoms with Crippen molar-refractivity contribution in [2.75, 3.05) is 67.6 Å². The molecule has 1 aliphatic heterocycles. The molecule has 1 aromatic carbocycles. The number of halogens is 3. The van der Waals surface area contributed by atoms with E-state index in [1.807, 2.05) is 19.0 Å². The van der Waals surface area contributed by atoms with Crippen LogP contribution in [0.25, 0.3) is 0 Å². The van der Waals surface area contributed by atoms with Gasteiger partial charge in [0.15, 0.2) is 0 Å². The summed E-state index contributed by atoms with van der Waals surface area (Å²) in [5.41, 5.74) is 1.24. The van der Waals surface area contributed by atoms with Crippen LogP contribution in [-0.4, -0.2) is 125 Å². The number of likely N-dealkylation sites (N-methyl/N-ethyl adjacent to an activating group) is 2. The average Bonchev–Trinajstić information content (AvgIpc) is 2.85. The van der Waals surface area contributed by atoms with Crippen molar-refractivity contribution < 1.29 is 50.9 Å². The number of aryl methyl sites for hydroxylation is 2. The smallest absolute Gasteiger partial charge is 0.490 e. The largest absolute Gasteiger partial charge is 0.497 e. The van der Waals surface area contributed by atoms with Crippen molar-refractivity contribution in [1.82, 2.24) is 14.1 Å². The number of likely N-dealkylation sites (tertiary alicyclic amines) is 1. The van der Waals surface area contributed by atoms with E-state index in [0.717, 1.165) is 12.8 Å². The summed E-state index contributed by atoms with van der Waals surface area (Å²) < 4.78 is 69.8. The molecule has 0 aromatic heterocycles. The minimum absolute atomic E-state index is 0.0839. The third-order valence-electron chi connectivity index (χ3n) is 6.35. The number of rotatable bonds is 11. The number of sulfonamides is 1. The van der Waals surface area contributed by atoms with Gasteiger partial charge in [-0.05, 0) is 70.0 Å². The zero-order valence-corrected chi connectivity index (χ0v) is 24.5. The Morgan fingerprint density at radius 2 is 1.62 bits per heavy atom. The van der Waals surface area contributed by atoms with E-state index in [4.69, 9.17) is 19.4 Å². The van der Waals surface area contributed by atoms with Crippen LogP contribution in [0.5, 0.6) is 5.75 Å². The second-order valence-electron chi connectivity index (χ2n) is 9.82. The maximum absolute atomic E-state index is 13.0. The minimum atomic E-state index is -5.08. The van der Waals surface area contributed by atoms with Crippen LogP contribution in [-0.2, 0) is 24.3 Å². The van der Waals surface area contributed by atoms with E-state index in [1.165, 1.54) is 11.4 Å². The van der Waals surface area contributed by atoms with Crippen molar-refractivity contribution in [1.29, 1.82) is 0 Å². The normalized spacial score (nSPS) is 15.6. The summed E-state index contributed by atoms with van der Waals surface area (Å²) in [6.07, 6.45) is -3.94. The van der Waals surface area contributed by atoms with Gasteiger partial charge >= 0.3 is 12.1 Å². The number of hydrogen-bond donors (Lipinski definition) is 2. The first-order valence-electron chi connectivity index (χ1n) is 12.5. The summed E-state index contributed by atoms with van der Waals surface area (Å²) in [4.78, 5) is 25.3. The lowest BCUT2D eigenvalue weighted by Crippen LogP contribution is -2.44. The molecule has 230 valence electrons. The van der Waals surface area contributed by atoms with Crippen LogP contribution in [0.3, 0.4) is 0 Å². The van der Waals surface area contributed by atoms with Gasteiger partial charge in [0.05, 0.1) is 24.7 Å². The Morgan fingerprint density at radius 1 is 1.12 bits per heavy atom. The van der Waals surface area contributed by atoms with Gasteiger partial charge in [-0.3, -0.25) is 4.79 Å². The molecule has 40 heavy (non-hydrogen) atoms. The first-order valence-corrected chi connectivity index (χ1v) is 14.0. The number of nitrogens with zero attached hydrogens (tertiary/aromatic N) is 3. The van der Waals surface area contributed by atoms with Crippen LogP contribution in [0.15, 0.2) is 17.0 Å². The van der Waals surface area contributed by atoms with Crippen LogP contribution < -0.4 is 4.74 Å². The predicted octanol–water partition coefficient (Wildman–Crippen LogP) is 1.74. The number of ether oxygens (including phenoxy) is 2. The fourth-order valence-corrected chi connectivity index (χ4v) is 5.77. The highest BCUT2D eigenvalue weighted by atomic mass is 32.2. The molecule has 0 saturated carbocycles. The average molecular weight is 600 g/mol. The number of amides is 1. The van der Waals surface area contributed by atoms with Gasteiger partial charge in [-0.15, -0.1) is 0 Å². The fraction of sp³-hybridized carbons (Fsp3) is 0.680. The lowest BCUT2D eigenvalue weighted by Gasteiger charge is -2.35. The van der Waals surface area contributed by atoms with Gasteiger partial charge in [0.2, 0.25) is 15.9 Å². The Morgan fingerprint density at radius 3 is 2.05 bits per heavy atom. The molecule has 0 bridgehead atoms. The van der Waals surface area contributed by atoms with Gasteiger partial charge in [-0.1, -0.05) is 0 Å². The van der Waals surface area contributed by atoms with E-state index < -0.39 is 22.2 Å². The summed E-state index contributed by atoms with van der Waals surface area (Å²) in [5, 5.41) is 17.4. The molecule has 1 heterocycles. The highest BCUT2D eigenvalue weighted by Crippen LogP contribution is 2.27. The number of aliphatic carboxylic acids is 1. The second-order valence-corrected chi connectivity index (χ2v) is 11.8. The Kier molecular flexibility index (Phi) is 13.8. The molecule has 15 heteroatoms. The van der Waals surface area contributed by atoms with Crippen LogP contribution in [0.1, 0.15) is 24.0 Å². The van der Waals surface area contributed by atoms with Crippen LogP contribution in [0.2, 0.25) is 0 Å². The zero-order valence-electron chi connectivity index (χ0n) is 23.7. The molecule has 0 spiro atoms. The maximum Gasteiger partial charge on any atom is 0.490 e. The third-order valence-corrected chi connectivity index (χ3v) is 8.51. The Labute approximate surface area is 233 Å². The number of piperidine rings is 1. The van der Waals surface area contributed by atoms with Crippen molar-refractivity contribution in [2.24, 2.45) is 5.92 Å². The van der Waals surface area contributed by atoms with Crippen molar-refractivity contribution in [3.63, 3.8) is 0 Å². The molecule has 1 aliphatic rings. The molecule has 0 radical (unpaired) electrons. The van der Waals surface area contributed by atoms with Gasteiger partial charge in [0, 0.05) is 33.2 Å². The first-order chi connectivity index (χ1) is 18.4. The molecule has 1 unspecified atom stereocenters. The molecule has 1 amide bonds. The third kappa shape index (κ3) is 10.8. The number of carboxylic acid groups (broad SMARTS) is 1. The van der Waals surface area contributed by atoms with E-state index in [-0.39, 0.29) is 42.6 Å². The summed E-state index contributed by atoms with van der Waals surface area (Å²) >= 11 is 0.